The van der Waals surface area contributed by atoms with Crippen LogP contribution in [-0.4, -0.2) is 35.7 Å². The second kappa shape index (κ2) is 9.03. The lowest BCUT2D eigenvalue weighted by molar-refractivity contribution is 0.0941. The first-order valence-corrected chi connectivity index (χ1v) is 10.4. The molecule has 1 aromatic heterocycles. The van der Waals surface area contributed by atoms with Crippen LogP contribution in [0.3, 0.4) is 0 Å². The van der Waals surface area contributed by atoms with E-state index in [9.17, 15) is 4.79 Å². The van der Waals surface area contributed by atoms with Crippen LogP contribution in [0.2, 0.25) is 0 Å². The monoisotopic (exact) mass is 404 g/mol. The number of methoxy groups -OCH3 is 1. The molecule has 6 nitrogen and oxygen atoms in total. The number of anilines is 1. The minimum absolute atomic E-state index is 0.121. The maximum atomic E-state index is 13.2. The molecule has 6 heteroatoms. The van der Waals surface area contributed by atoms with Gasteiger partial charge in [-0.25, -0.2) is 4.98 Å². The maximum Gasteiger partial charge on any atom is 0.252 e. The van der Waals surface area contributed by atoms with Gasteiger partial charge in [-0.05, 0) is 55.2 Å². The number of rotatable bonds is 6. The Hall–Kier alpha value is -3.28. The van der Waals surface area contributed by atoms with E-state index in [1.165, 1.54) is 19.3 Å². The number of hydrogen-bond acceptors (Lipinski definition) is 4. The Morgan fingerprint density at radius 1 is 1.10 bits per heavy atom. The predicted octanol–water partition coefficient (Wildman–Crippen LogP) is 3.94. The highest BCUT2D eigenvalue weighted by atomic mass is 16.5. The van der Waals surface area contributed by atoms with Gasteiger partial charge >= 0.3 is 0 Å². The number of amides is 1. The summed E-state index contributed by atoms with van der Waals surface area (Å²) in [5.74, 6) is 1.39. The molecular weight excluding hydrogens is 376 g/mol. The van der Waals surface area contributed by atoms with Crippen molar-refractivity contribution in [1.29, 1.82) is 0 Å². The van der Waals surface area contributed by atoms with Crippen LogP contribution in [0, 0.1) is 0 Å². The van der Waals surface area contributed by atoms with E-state index >= 15 is 0 Å². The van der Waals surface area contributed by atoms with Crippen LogP contribution < -0.4 is 15.0 Å². The van der Waals surface area contributed by atoms with Gasteiger partial charge in [0.25, 0.3) is 5.91 Å². The molecule has 1 aliphatic heterocycles. The number of benzene rings is 2. The molecule has 1 saturated heterocycles. The molecule has 1 N–H and O–H groups in total. The Morgan fingerprint density at radius 3 is 2.63 bits per heavy atom. The van der Waals surface area contributed by atoms with Gasteiger partial charge in [0.05, 0.1) is 7.11 Å². The Labute approximate surface area is 177 Å². The fourth-order valence-corrected chi connectivity index (χ4v) is 3.98. The van der Waals surface area contributed by atoms with Gasteiger partial charge in [-0.3, -0.25) is 4.79 Å². The van der Waals surface area contributed by atoms with Gasteiger partial charge < -0.3 is 19.5 Å². The standard InChI is InChI=1S/C24H28N4O2/c1-27-15-12-25-23(27)22(18-8-7-11-21(17-18)30-2)26-24(29)19-9-6-10-20(16-19)28-13-4-3-5-14-28/h6-12,15-17,22H,3-5,13-14H2,1-2H3,(H,26,29). The van der Waals surface area contributed by atoms with Crippen molar-refractivity contribution in [3.05, 3.63) is 77.9 Å². The highest BCUT2D eigenvalue weighted by Crippen LogP contribution is 2.26. The molecule has 1 unspecified atom stereocenters. The Morgan fingerprint density at radius 2 is 1.90 bits per heavy atom. The number of nitrogens with zero attached hydrogens (tertiary/aromatic N) is 3. The SMILES string of the molecule is COc1cccc(C(NC(=O)c2cccc(N3CCCCC3)c2)c2nccn2C)c1. The van der Waals surface area contributed by atoms with E-state index in [1.807, 2.05) is 60.3 Å². The normalized spacial score (nSPS) is 14.9. The fraction of sp³-hybridized carbons (Fsp3) is 0.333. The smallest absolute Gasteiger partial charge is 0.252 e. The quantitative estimate of drug-likeness (QED) is 0.676. The molecule has 1 amide bonds. The van der Waals surface area contributed by atoms with E-state index in [1.54, 1.807) is 13.3 Å². The minimum atomic E-state index is -0.383. The van der Waals surface area contributed by atoms with Crippen LogP contribution in [0.4, 0.5) is 5.69 Å². The lowest BCUT2D eigenvalue weighted by Crippen LogP contribution is -2.32. The van der Waals surface area contributed by atoms with Crippen LogP contribution in [0.15, 0.2) is 60.9 Å². The van der Waals surface area contributed by atoms with Crippen molar-refractivity contribution in [2.24, 2.45) is 7.05 Å². The molecule has 4 rings (SSSR count). The highest BCUT2D eigenvalue weighted by molar-refractivity contribution is 5.95. The number of hydrogen-bond donors (Lipinski definition) is 1. The summed E-state index contributed by atoms with van der Waals surface area (Å²) in [7, 11) is 3.57. The third kappa shape index (κ3) is 4.32. The van der Waals surface area contributed by atoms with Crippen molar-refractivity contribution < 1.29 is 9.53 Å². The van der Waals surface area contributed by atoms with Crippen LogP contribution >= 0.6 is 0 Å². The first kappa shape index (κ1) is 20.0. The van der Waals surface area contributed by atoms with Crippen molar-refractivity contribution in [3.8, 4) is 5.75 Å². The van der Waals surface area contributed by atoms with Gasteiger partial charge in [0.15, 0.2) is 0 Å². The molecule has 0 bridgehead atoms. The predicted molar refractivity (Wildman–Crippen MR) is 118 cm³/mol. The summed E-state index contributed by atoms with van der Waals surface area (Å²) in [6.45, 7) is 2.09. The summed E-state index contributed by atoms with van der Waals surface area (Å²) in [6, 6.07) is 15.2. The lowest BCUT2D eigenvalue weighted by Gasteiger charge is -2.29. The molecule has 2 heterocycles. The molecule has 3 aromatic rings. The van der Waals surface area contributed by atoms with Gasteiger partial charge in [-0.1, -0.05) is 18.2 Å². The average Bonchev–Trinajstić information content (AvgIpc) is 3.23. The van der Waals surface area contributed by atoms with Crippen LogP contribution in [0.1, 0.15) is 47.1 Å². The van der Waals surface area contributed by atoms with Gasteiger partial charge in [0.1, 0.15) is 17.6 Å². The van der Waals surface area contributed by atoms with E-state index in [0.717, 1.165) is 35.9 Å². The van der Waals surface area contributed by atoms with E-state index in [2.05, 4.69) is 21.3 Å². The largest absolute Gasteiger partial charge is 0.497 e. The van der Waals surface area contributed by atoms with Crippen molar-refractivity contribution in [1.82, 2.24) is 14.9 Å². The van der Waals surface area contributed by atoms with Crippen molar-refractivity contribution in [2.45, 2.75) is 25.3 Å². The van der Waals surface area contributed by atoms with Gasteiger partial charge in [-0.2, -0.15) is 0 Å². The number of piperidine rings is 1. The van der Waals surface area contributed by atoms with Crippen molar-refractivity contribution in [2.75, 3.05) is 25.1 Å². The molecule has 2 aromatic carbocycles. The molecule has 0 spiro atoms. The van der Waals surface area contributed by atoms with Gasteiger partial charge in [0, 0.05) is 43.8 Å². The zero-order valence-electron chi connectivity index (χ0n) is 17.5. The molecule has 0 radical (unpaired) electrons. The average molecular weight is 405 g/mol. The number of aromatic nitrogens is 2. The number of aryl methyl sites for hydroxylation is 1. The Balaban J connectivity index is 1.61. The van der Waals surface area contributed by atoms with E-state index < -0.39 is 0 Å². The molecule has 1 atom stereocenters. The summed E-state index contributed by atoms with van der Waals surface area (Å²) >= 11 is 0. The molecule has 30 heavy (non-hydrogen) atoms. The fourth-order valence-electron chi connectivity index (χ4n) is 3.98. The highest BCUT2D eigenvalue weighted by Gasteiger charge is 2.22. The Kier molecular flexibility index (Phi) is 6.02. The number of ether oxygens (including phenoxy) is 1. The second-order valence-corrected chi connectivity index (χ2v) is 7.68. The number of carbonyl (C=O) groups excluding carboxylic acids is 1. The van der Waals surface area contributed by atoms with Crippen LogP contribution in [-0.2, 0) is 7.05 Å². The molecule has 0 aliphatic carbocycles. The summed E-state index contributed by atoms with van der Waals surface area (Å²) in [6.07, 6.45) is 7.31. The first-order chi connectivity index (χ1) is 14.7. The van der Waals surface area contributed by atoms with Gasteiger partial charge in [0.2, 0.25) is 0 Å². The topological polar surface area (TPSA) is 59.4 Å². The summed E-state index contributed by atoms with van der Waals surface area (Å²) in [5, 5.41) is 3.18. The number of imidazole rings is 1. The van der Waals surface area contributed by atoms with E-state index in [0.29, 0.717) is 5.56 Å². The maximum absolute atomic E-state index is 13.2. The van der Waals surface area contributed by atoms with Crippen LogP contribution in [0.25, 0.3) is 0 Å². The zero-order chi connectivity index (χ0) is 20.9. The summed E-state index contributed by atoms with van der Waals surface area (Å²) in [5.41, 5.74) is 2.68. The first-order valence-electron chi connectivity index (χ1n) is 10.4. The minimum Gasteiger partial charge on any atom is -0.497 e. The van der Waals surface area contributed by atoms with Crippen molar-refractivity contribution >= 4 is 11.6 Å². The summed E-state index contributed by atoms with van der Waals surface area (Å²) < 4.78 is 7.30. The zero-order valence-corrected chi connectivity index (χ0v) is 17.5. The molecule has 0 saturated carbocycles. The number of nitrogens with one attached hydrogen (secondary N) is 1. The van der Waals surface area contributed by atoms with Crippen LogP contribution in [0.5, 0.6) is 5.75 Å². The number of carbonyl (C=O) groups is 1. The van der Waals surface area contributed by atoms with E-state index in [4.69, 9.17) is 4.74 Å². The molecular formula is C24H28N4O2. The summed E-state index contributed by atoms with van der Waals surface area (Å²) in [4.78, 5) is 20.1. The second-order valence-electron chi connectivity index (χ2n) is 7.68. The Bertz CT molecular complexity index is 1010. The third-order valence-electron chi connectivity index (χ3n) is 5.65. The van der Waals surface area contributed by atoms with Crippen molar-refractivity contribution in [3.63, 3.8) is 0 Å². The molecule has 1 aliphatic rings. The van der Waals surface area contributed by atoms with E-state index in [-0.39, 0.29) is 11.9 Å². The third-order valence-corrected chi connectivity index (χ3v) is 5.65. The molecule has 156 valence electrons. The van der Waals surface area contributed by atoms with Gasteiger partial charge in [-0.15, -0.1) is 0 Å². The molecule has 1 fully saturated rings. The lowest BCUT2D eigenvalue weighted by atomic mass is 10.0.